The first-order valence-electron chi connectivity index (χ1n) is 3.67. The molecule has 72 valence electrons. The van der Waals surface area contributed by atoms with Crippen molar-refractivity contribution in [2.45, 2.75) is 6.29 Å². The molecule has 0 heterocycles. The summed E-state index contributed by atoms with van der Waals surface area (Å²) in [4.78, 5) is 10.00. The fourth-order valence-electron chi connectivity index (χ4n) is 0.827. The molecule has 1 aromatic rings. The highest BCUT2D eigenvalue weighted by molar-refractivity contribution is 5.54. The van der Waals surface area contributed by atoms with Crippen LogP contribution in [0.25, 0.3) is 0 Å². The van der Waals surface area contributed by atoms with E-state index in [4.69, 9.17) is 10.4 Å². The van der Waals surface area contributed by atoms with Crippen LogP contribution in [0.4, 0.5) is 4.39 Å². The Morgan fingerprint density at radius 1 is 1.64 bits per heavy atom. The first kappa shape index (κ1) is 10.2. The van der Waals surface area contributed by atoms with Gasteiger partial charge >= 0.3 is 0 Å². The number of benzene rings is 1. The van der Waals surface area contributed by atoms with E-state index < -0.39 is 12.1 Å². The Morgan fingerprint density at radius 2 is 2.36 bits per heavy atom. The van der Waals surface area contributed by atoms with Crippen molar-refractivity contribution in [3.8, 4) is 11.8 Å². The van der Waals surface area contributed by atoms with Crippen LogP contribution in [0.1, 0.15) is 5.56 Å². The van der Waals surface area contributed by atoms with E-state index in [1.54, 1.807) is 6.07 Å². The molecule has 0 saturated carbocycles. The lowest BCUT2D eigenvalue weighted by atomic mass is 10.2. The molecule has 1 aromatic carbocycles. The van der Waals surface area contributed by atoms with Crippen molar-refractivity contribution in [3.05, 3.63) is 29.6 Å². The Hall–Kier alpha value is -1.93. The summed E-state index contributed by atoms with van der Waals surface area (Å²) in [5.41, 5.74) is -0.127. The Morgan fingerprint density at radius 3 is 2.86 bits per heavy atom. The molecule has 0 aliphatic carbocycles. The lowest BCUT2D eigenvalue weighted by Crippen LogP contribution is -2.16. The van der Waals surface area contributed by atoms with Gasteiger partial charge < -0.3 is 9.84 Å². The largest absolute Gasteiger partial charge is 0.458 e. The third-order valence-electron chi connectivity index (χ3n) is 1.43. The Bertz CT molecular complexity index is 386. The van der Waals surface area contributed by atoms with E-state index in [1.807, 2.05) is 0 Å². The highest BCUT2D eigenvalue weighted by Gasteiger charge is 2.06. The maximum absolute atomic E-state index is 12.9. The van der Waals surface area contributed by atoms with E-state index in [0.717, 1.165) is 6.07 Å². The zero-order valence-electron chi connectivity index (χ0n) is 6.98. The molecule has 4 nitrogen and oxygen atoms in total. The van der Waals surface area contributed by atoms with Crippen LogP contribution >= 0.6 is 0 Å². The molecular formula is C9H6FNO3. The minimum absolute atomic E-state index is 0.0129. The lowest BCUT2D eigenvalue weighted by Gasteiger charge is -2.07. The minimum Gasteiger partial charge on any atom is -0.458 e. The van der Waals surface area contributed by atoms with Gasteiger partial charge in [0.05, 0.1) is 5.56 Å². The van der Waals surface area contributed by atoms with Gasteiger partial charge in [0.15, 0.2) is 6.29 Å². The summed E-state index contributed by atoms with van der Waals surface area (Å²) < 4.78 is 17.5. The molecule has 0 aliphatic rings. The van der Waals surface area contributed by atoms with Crippen molar-refractivity contribution >= 4 is 6.29 Å². The molecular weight excluding hydrogens is 189 g/mol. The van der Waals surface area contributed by atoms with Gasteiger partial charge in [-0.1, -0.05) is 0 Å². The molecule has 14 heavy (non-hydrogen) atoms. The SMILES string of the molecule is N#Cc1ccc(OC(O)C=O)cc1F. The van der Waals surface area contributed by atoms with Gasteiger partial charge in [0.1, 0.15) is 17.6 Å². The van der Waals surface area contributed by atoms with Crippen LogP contribution in [0.3, 0.4) is 0 Å². The molecule has 1 rings (SSSR count). The molecule has 1 unspecified atom stereocenters. The van der Waals surface area contributed by atoms with Crippen LogP contribution in [0, 0.1) is 17.1 Å². The van der Waals surface area contributed by atoms with Crippen molar-refractivity contribution in [2.75, 3.05) is 0 Å². The van der Waals surface area contributed by atoms with Crippen LogP contribution in [0.2, 0.25) is 0 Å². The maximum atomic E-state index is 12.9. The second kappa shape index (κ2) is 4.35. The van der Waals surface area contributed by atoms with Gasteiger partial charge in [0.25, 0.3) is 6.29 Å². The van der Waals surface area contributed by atoms with Crippen LogP contribution in [0.15, 0.2) is 18.2 Å². The predicted molar refractivity (Wildman–Crippen MR) is 43.8 cm³/mol. The quantitative estimate of drug-likeness (QED) is 0.566. The van der Waals surface area contributed by atoms with Gasteiger partial charge in [-0.3, -0.25) is 4.79 Å². The highest BCUT2D eigenvalue weighted by Crippen LogP contribution is 2.16. The van der Waals surface area contributed by atoms with Gasteiger partial charge in [-0.15, -0.1) is 0 Å². The molecule has 0 fully saturated rings. The number of carbonyl (C=O) groups excluding carboxylic acids is 1. The van der Waals surface area contributed by atoms with Crippen molar-refractivity contribution in [2.24, 2.45) is 0 Å². The summed E-state index contributed by atoms with van der Waals surface area (Å²) in [6, 6.07) is 5.03. The number of rotatable bonds is 3. The average molecular weight is 195 g/mol. The Labute approximate surface area is 79.2 Å². The Balaban J connectivity index is 2.87. The zero-order valence-corrected chi connectivity index (χ0v) is 6.98. The molecule has 0 spiro atoms. The van der Waals surface area contributed by atoms with Crippen LogP contribution < -0.4 is 4.74 Å². The number of nitrogens with zero attached hydrogens (tertiary/aromatic N) is 1. The first-order valence-corrected chi connectivity index (χ1v) is 3.67. The molecule has 0 aliphatic heterocycles. The molecule has 1 N–H and O–H groups in total. The number of aldehydes is 1. The van der Waals surface area contributed by atoms with E-state index in [9.17, 15) is 9.18 Å². The normalized spacial score (nSPS) is 11.5. The van der Waals surface area contributed by atoms with Crippen molar-refractivity contribution in [3.63, 3.8) is 0 Å². The summed E-state index contributed by atoms with van der Waals surface area (Å²) in [7, 11) is 0. The smallest absolute Gasteiger partial charge is 0.254 e. The Kier molecular flexibility index (Phi) is 3.15. The number of carbonyl (C=O) groups is 1. The second-order valence-corrected chi connectivity index (χ2v) is 2.40. The minimum atomic E-state index is -1.62. The fourth-order valence-corrected chi connectivity index (χ4v) is 0.827. The third-order valence-corrected chi connectivity index (χ3v) is 1.43. The summed E-state index contributed by atoms with van der Waals surface area (Å²) in [6.45, 7) is 0. The van der Waals surface area contributed by atoms with E-state index in [1.165, 1.54) is 12.1 Å². The summed E-state index contributed by atoms with van der Waals surface area (Å²) >= 11 is 0. The number of aliphatic hydroxyl groups excluding tert-OH is 1. The van der Waals surface area contributed by atoms with E-state index in [-0.39, 0.29) is 17.6 Å². The van der Waals surface area contributed by atoms with Crippen LogP contribution in [-0.2, 0) is 4.79 Å². The van der Waals surface area contributed by atoms with Gasteiger partial charge in [-0.2, -0.15) is 5.26 Å². The summed E-state index contributed by atoms with van der Waals surface area (Å²) in [5, 5.41) is 17.2. The van der Waals surface area contributed by atoms with Crippen molar-refractivity contribution < 1.29 is 19.0 Å². The van der Waals surface area contributed by atoms with Crippen LogP contribution in [0.5, 0.6) is 5.75 Å². The van der Waals surface area contributed by atoms with E-state index in [0.29, 0.717) is 0 Å². The molecule has 0 saturated heterocycles. The predicted octanol–water partition coefficient (Wildman–Crippen LogP) is 0.593. The van der Waals surface area contributed by atoms with Gasteiger partial charge in [0.2, 0.25) is 0 Å². The molecule has 0 aromatic heterocycles. The summed E-state index contributed by atoms with van der Waals surface area (Å²) in [5.74, 6) is -0.774. The molecule has 0 amide bonds. The number of nitriles is 1. The molecule has 0 bridgehead atoms. The van der Waals surface area contributed by atoms with Gasteiger partial charge in [-0.25, -0.2) is 4.39 Å². The molecule has 5 heteroatoms. The topological polar surface area (TPSA) is 70.3 Å². The van der Waals surface area contributed by atoms with Crippen LogP contribution in [-0.4, -0.2) is 17.7 Å². The fraction of sp³-hybridized carbons (Fsp3) is 0.111. The zero-order chi connectivity index (χ0) is 10.6. The number of hydrogen-bond donors (Lipinski definition) is 1. The number of aliphatic hydroxyl groups is 1. The van der Waals surface area contributed by atoms with Crippen molar-refractivity contribution in [1.82, 2.24) is 0 Å². The number of hydrogen-bond acceptors (Lipinski definition) is 4. The van der Waals surface area contributed by atoms with E-state index >= 15 is 0 Å². The first-order chi connectivity index (χ1) is 6.67. The number of halogens is 1. The molecule has 1 atom stereocenters. The van der Waals surface area contributed by atoms with Gasteiger partial charge in [-0.05, 0) is 12.1 Å². The lowest BCUT2D eigenvalue weighted by molar-refractivity contribution is -0.127. The summed E-state index contributed by atoms with van der Waals surface area (Å²) in [6.07, 6.45) is -1.46. The molecule has 0 radical (unpaired) electrons. The monoisotopic (exact) mass is 195 g/mol. The third kappa shape index (κ3) is 2.28. The average Bonchev–Trinajstić information content (AvgIpc) is 2.18. The van der Waals surface area contributed by atoms with Crippen molar-refractivity contribution in [1.29, 1.82) is 5.26 Å². The second-order valence-electron chi connectivity index (χ2n) is 2.40. The van der Waals surface area contributed by atoms with E-state index in [2.05, 4.69) is 4.74 Å². The van der Waals surface area contributed by atoms with Gasteiger partial charge in [0, 0.05) is 6.07 Å². The maximum Gasteiger partial charge on any atom is 0.254 e. The number of ether oxygens (including phenoxy) is 1. The standard InChI is InChI=1S/C9H6FNO3/c10-8-3-7(14-9(13)5-12)2-1-6(8)4-11/h1-3,5,9,13H. The highest BCUT2D eigenvalue weighted by atomic mass is 19.1.